The van der Waals surface area contributed by atoms with Crippen molar-refractivity contribution in [2.45, 2.75) is 40.2 Å². The zero-order valence-electron chi connectivity index (χ0n) is 12.2. The lowest BCUT2D eigenvalue weighted by Gasteiger charge is -2.30. The van der Waals surface area contributed by atoms with E-state index < -0.39 is 0 Å². The van der Waals surface area contributed by atoms with E-state index in [4.69, 9.17) is 0 Å². The van der Waals surface area contributed by atoms with Crippen molar-refractivity contribution >= 4 is 0 Å². The molecule has 1 rings (SSSR count). The molecule has 1 aliphatic rings. The fraction of sp³-hybridized carbons (Fsp3) is 1.00. The maximum atomic E-state index is 9.18. The van der Waals surface area contributed by atoms with E-state index in [1.165, 1.54) is 6.54 Å². The molecule has 102 valence electrons. The molecule has 0 aromatic heterocycles. The zero-order valence-corrected chi connectivity index (χ0v) is 12.2. The molecule has 1 saturated heterocycles. The summed E-state index contributed by atoms with van der Waals surface area (Å²) in [4.78, 5) is 5.00. The molecular weight excluding hydrogens is 212 g/mol. The Morgan fingerprint density at radius 1 is 1.29 bits per heavy atom. The van der Waals surface area contributed by atoms with Gasteiger partial charge in [0.1, 0.15) is 0 Å². The number of likely N-dealkylation sites (N-methyl/N-ethyl adjacent to an activating group) is 1. The lowest BCUT2D eigenvalue weighted by Crippen LogP contribution is -2.40. The Balaban J connectivity index is 2.71. The average Bonchev–Trinajstić information content (AvgIpc) is 2.22. The van der Waals surface area contributed by atoms with Gasteiger partial charge in [0.05, 0.1) is 0 Å². The van der Waals surface area contributed by atoms with Crippen LogP contribution in [0, 0.1) is 11.3 Å². The molecular formula is C14H30N2O. The molecule has 1 unspecified atom stereocenters. The summed E-state index contributed by atoms with van der Waals surface area (Å²) in [5.41, 5.74) is 0.341. The van der Waals surface area contributed by atoms with Gasteiger partial charge in [0, 0.05) is 38.8 Å². The lowest BCUT2D eigenvalue weighted by atomic mass is 9.92. The fourth-order valence-corrected chi connectivity index (χ4v) is 3.08. The highest BCUT2D eigenvalue weighted by atomic mass is 16.3. The van der Waals surface area contributed by atoms with Crippen molar-refractivity contribution in [1.29, 1.82) is 0 Å². The molecule has 1 fully saturated rings. The smallest absolute Gasteiger partial charge is 0.0446 e. The Labute approximate surface area is 107 Å². The van der Waals surface area contributed by atoms with Crippen LogP contribution in [0.2, 0.25) is 0 Å². The summed E-state index contributed by atoms with van der Waals surface area (Å²) in [5, 5.41) is 9.18. The highest BCUT2D eigenvalue weighted by Crippen LogP contribution is 2.25. The van der Waals surface area contributed by atoms with Crippen LogP contribution in [0.5, 0.6) is 0 Å². The maximum Gasteiger partial charge on any atom is 0.0446 e. The van der Waals surface area contributed by atoms with Crippen LogP contribution < -0.4 is 0 Å². The van der Waals surface area contributed by atoms with E-state index in [0.717, 1.165) is 26.1 Å². The first kappa shape index (κ1) is 14.9. The highest BCUT2D eigenvalue weighted by molar-refractivity contribution is 4.86. The molecule has 0 aliphatic carbocycles. The van der Waals surface area contributed by atoms with Crippen molar-refractivity contribution in [2.24, 2.45) is 11.3 Å². The third-order valence-electron chi connectivity index (χ3n) is 3.51. The van der Waals surface area contributed by atoms with Gasteiger partial charge in [-0.1, -0.05) is 27.7 Å². The minimum Gasteiger partial charge on any atom is -0.396 e. The van der Waals surface area contributed by atoms with Gasteiger partial charge in [0.15, 0.2) is 0 Å². The molecule has 0 aromatic carbocycles. The summed E-state index contributed by atoms with van der Waals surface area (Å²) in [6, 6.07) is 0.500. The van der Waals surface area contributed by atoms with Crippen molar-refractivity contribution in [2.75, 3.05) is 39.8 Å². The summed E-state index contributed by atoms with van der Waals surface area (Å²) >= 11 is 0. The Bertz CT molecular complexity index is 228. The Morgan fingerprint density at radius 3 is 2.47 bits per heavy atom. The topological polar surface area (TPSA) is 26.7 Å². The predicted octanol–water partition coefficient (Wildman–Crippen LogP) is 1.67. The van der Waals surface area contributed by atoms with Crippen LogP contribution in [-0.4, -0.2) is 60.8 Å². The molecule has 3 heteroatoms. The molecule has 0 bridgehead atoms. The van der Waals surface area contributed by atoms with Crippen LogP contribution in [0.1, 0.15) is 34.1 Å². The molecule has 0 radical (unpaired) electrons. The number of hydrogen-bond acceptors (Lipinski definition) is 3. The summed E-state index contributed by atoms with van der Waals surface area (Å²) < 4.78 is 0. The van der Waals surface area contributed by atoms with E-state index in [1.54, 1.807) is 0 Å². The Hall–Kier alpha value is -0.120. The fourth-order valence-electron chi connectivity index (χ4n) is 3.08. The van der Waals surface area contributed by atoms with E-state index in [9.17, 15) is 5.11 Å². The SMILES string of the molecule is CC(C)CN1CC(CCO)N(C)CC(C)(C)C1. The molecule has 1 heterocycles. The van der Waals surface area contributed by atoms with Crippen LogP contribution in [0.4, 0.5) is 0 Å². The first-order valence-electron chi connectivity index (χ1n) is 6.87. The van der Waals surface area contributed by atoms with Gasteiger partial charge in [-0.2, -0.15) is 0 Å². The minimum absolute atomic E-state index is 0.297. The van der Waals surface area contributed by atoms with E-state index >= 15 is 0 Å². The van der Waals surface area contributed by atoms with Gasteiger partial charge in [-0.15, -0.1) is 0 Å². The second-order valence-corrected chi connectivity index (χ2v) is 6.83. The lowest BCUT2D eigenvalue weighted by molar-refractivity contribution is 0.157. The first-order chi connectivity index (χ1) is 7.84. The molecule has 0 amide bonds. The number of hydrogen-bond donors (Lipinski definition) is 1. The summed E-state index contributed by atoms with van der Waals surface area (Å²) in [6.07, 6.45) is 0.890. The first-order valence-corrected chi connectivity index (χ1v) is 6.87. The third kappa shape index (κ3) is 4.94. The summed E-state index contributed by atoms with van der Waals surface area (Å²) in [6.45, 7) is 14.1. The largest absolute Gasteiger partial charge is 0.396 e. The standard InChI is InChI=1S/C14H30N2O/c1-12(2)8-16-9-13(6-7-17)15(5)10-14(3,4)11-16/h12-13,17H,6-11H2,1-5H3. The summed E-state index contributed by atoms with van der Waals surface area (Å²) in [5.74, 6) is 0.712. The Kier molecular flexibility index (Phi) is 5.42. The van der Waals surface area contributed by atoms with Gasteiger partial charge >= 0.3 is 0 Å². The highest BCUT2D eigenvalue weighted by Gasteiger charge is 2.32. The Morgan fingerprint density at radius 2 is 1.94 bits per heavy atom. The second kappa shape index (κ2) is 6.17. The zero-order chi connectivity index (χ0) is 13.1. The quantitative estimate of drug-likeness (QED) is 0.812. The molecule has 1 N–H and O–H groups in total. The van der Waals surface area contributed by atoms with Crippen LogP contribution in [0.3, 0.4) is 0 Å². The molecule has 3 nitrogen and oxygen atoms in total. The second-order valence-electron chi connectivity index (χ2n) is 6.83. The van der Waals surface area contributed by atoms with E-state index in [1.807, 2.05) is 0 Å². The van der Waals surface area contributed by atoms with Crippen LogP contribution in [0.15, 0.2) is 0 Å². The number of rotatable bonds is 4. The number of aliphatic hydroxyl groups excluding tert-OH is 1. The van der Waals surface area contributed by atoms with E-state index in [2.05, 4.69) is 44.5 Å². The van der Waals surface area contributed by atoms with Gasteiger partial charge < -0.3 is 14.9 Å². The number of aliphatic hydroxyl groups is 1. The van der Waals surface area contributed by atoms with E-state index in [0.29, 0.717) is 24.0 Å². The molecule has 1 aliphatic heterocycles. The van der Waals surface area contributed by atoms with Crippen molar-refractivity contribution in [3.8, 4) is 0 Å². The maximum absolute atomic E-state index is 9.18. The minimum atomic E-state index is 0.297. The van der Waals surface area contributed by atoms with Gasteiger partial charge in [-0.3, -0.25) is 0 Å². The molecule has 0 aromatic rings. The molecule has 17 heavy (non-hydrogen) atoms. The summed E-state index contributed by atoms with van der Waals surface area (Å²) in [7, 11) is 2.20. The predicted molar refractivity (Wildman–Crippen MR) is 73.2 cm³/mol. The van der Waals surface area contributed by atoms with Crippen molar-refractivity contribution in [1.82, 2.24) is 9.80 Å². The van der Waals surface area contributed by atoms with Gasteiger partial charge in [-0.05, 0) is 24.8 Å². The van der Waals surface area contributed by atoms with Crippen LogP contribution in [0.25, 0.3) is 0 Å². The van der Waals surface area contributed by atoms with Crippen LogP contribution in [-0.2, 0) is 0 Å². The average molecular weight is 242 g/mol. The normalized spacial score (nSPS) is 27.4. The van der Waals surface area contributed by atoms with Crippen LogP contribution >= 0.6 is 0 Å². The molecule has 0 saturated carbocycles. The molecule has 0 spiro atoms. The number of nitrogens with zero attached hydrogens (tertiary/aromatic N) is 2. The van der Waals surface area contributed by atoms with Gasteiger partial charge in [-0.25, -0.2) is 0 Å². The van der Waals surface area contributed by atoms with E-state index in [-0.39, 0.29) is 0 Å². The monoisotopic (exact) mass is 242 g/mol. The third-order valence-corrected chi connectivity index (χ3v) is 3.51. The van der Waals surface area contributed by atoms with Gasteiger partial charge in [0.2, 0.25) is 0 Å². The van der Waals surface area contributed by atoms with Crippen molar-refractivity contribution in [3.05, 3.63) is 0 Å². The van der Waals surface area contributed by atoms with Crippen molar-refractivity contribution < 1.29 is 5.11 Å². The molecule has 1 atom stereocenters. The van der Waals surface area contributed by atoms with Crippen molar-refractivity contribution in [3.63, 3.8) is 0 Å². The van der Waals surface area contributed by atoms with Gasteiger partial charge in [0.25, 0.3) is 0 Å².